The minimum atomic E-state index is -0.840. The van der Waals surface area contributed by atoms with Crippen LogP contribution in [0.5, 0.6) is 0 Å². The van der Waals surface area contributed by atoms with Gasteiger partial charge in [-0.3, -0.25) is 9.59 Å². The number of rotatable bonds is 1. The van der Waals surface area contributed by atoms with Crippen molar-refractivity contribution in [1.82, 2.24) is 0 Å². The summed E-state index contributed by atoms with van der Waals surface area (Å²) >= 11 is 0. The summed E-state index contributed by atoms with van der Waals surface area (Å²) in [6.07, 6.45) is 5.05. The van der Waals surface area contributed by atoms with Gasteiger partial charge in [0.05, 0.1) is 11.8 Å². The fraction of sp³-hybridized carbons (Fsp3) is 0.667. The fourth-order valence-electron chi connectivity index (χ4n) is 4.55. The molecule has 4 aliphatic rings. The quantitative estimate of drug-likeness (QED) is 0.521. The van der Waals surface area contributed by atoms with Crippen LogP contribution in [-0.4, -0.2) is 23.1 Å². The van der Waals surface area contributed by atoms with E-state index in [1.807, 2.05) is 6.08 Å². The maximum absolute atomic E-state index is 11.7. The zero-order chi connectivity index (χ0) is 11.0. The van der Waals surface area contributed by atoms with Gasteiger partial charge in [-0.15, -0.1) is 0 Å². The molecule has 2 saturated carbocycles. The third-order valence-electron chi connectivity index (χ3n) is 4.94. The van der Waals surface area contributed by atoms with Crippen molar-refractivity contribution < 1.29 is 19.4 Å². The zero-order valence-corrected chi connectivity index (χ0v) is 8.58. The fourth-order valence-corrected chi connectivity index (χ4v) is 4.55. The molecule has 84 valence electrons. The third kappa shape index (κ3) is 0.761. The highest BCUT2D eigenvalue weighted by Gasteiger charge is 2.68. The summed E-state index contributed by atoms with van der Waals surface area (Å²) in [5, 5.41) is 9.28. The van der Waals surface area contributed by atoms with Crippen LogP contribution in [0.2, 0.25) is 0 Å². The molecule has 0 aromatic carbocycles. The monoisotopic (exact) mass is 220 g/mol. The number of hydrogen-bond acceptors (Lipinski definition) is 3. The van der Waals surface area contributed by atoms with Gasteiger partial charge in [0.25, 0.3) is 0 Å². The molecule has 0 unspecified atom stereocenters. The molecule has 1 saturated heterocycles. The van der Waals surface area contributed by atoms with E-state index >= 15 is 0 Å². The number of carbonyl (C=O) groups excluding carboxylic acids is 1. The summed E-state index contributed by atoms with van der Waals surface area (Å²) in [5.74, 6) is -1.02. The number of carbonyl (C=O) groups is 2. The topological polar surface area (TPSA) is 63.6 Å². The van der Waals surface area contributed by atoms with Crippen LogP contribution in [0.3, 0.4) is 0 Å². The van der Waals surface area contributed by atoms with Gasteiger partial charge in [-0.25, -0.2) is 0 Å². The van der Waals surface area contributed by atoms with Crippen LogP contribution in [0.15, 0.2) is 12.2 Å². The number of carboxylic acids is 1. The van der Waals surface area contributed by atoms with Gasteiger partial charge in [0.2, 0.25) is 0 Å². The van der Waals surface area contributed by atoms with E-state index in [4.69, 9.17) is 4.74 Å². The molecule has 0 aromatic rings. The Kier molecular flexibility index (Phi) is 1.37. The molecule has 4 nitrogen and oxygen atoms in total. The molecular weight excluding hydrogens is 208 g/mol. The van der Waals surface area contributed by atoms with Crippen molar-refractivity contribution in [2.45, 2.75) is 12.5 Å². The summed E-state index contributed by atoms with van der Waals surface area (Å²) in [5.41, 5.74) is 0. The van der Waals surface area contributed by atoms with E-state index in [0.717, 1.165) is 6.42 Å². The summed E-state index contributed by atoms with van der Waals surface area (Å²) in [7, 11) is 0. The van der Waals surface area contributed by atoms with Crippen molar-refractivity contribution in [3.8, 4) is 0 Å². The van der Waals surface area contributed by atoms with Crippen molar-refractivity contribution in [2.24, 2.45) is 35.5 Å². The summed E-state index contributed by atoms with van der Waals surface area (Å²) in [4.78, 5) is 23.0. The Hall–Kier alpha value is -1.32. The maximum Gasteiger partial charge on any atom is 0.310 e. The van der Waals surface area contributed by atoms with Crippen molar-refractivity contribution in [1.29, 1.82) is 0 Å². The van der Waals surface area contributed by atoms with Crippen molar-refractivity contribution in [2.75, 3.05) is 0 Å². The van der Waals surface area contributed by atoms with Crippen LogP contribution >= 0.6 is 0 Å². The van der Waals surface area contributed by atoms with Gasteiger partial charge < -0.3 is 9.84 Å². The van der Waals surface area contributed by atoms with E-state index in [1.54, 1.807) is 0 Å². The maximum atomic E-state index is 11.7. The van der Waals surface area contributed by atoms with Crippen LogP contribution in [0, 0.1) is 35.5 Å². The molecule has 1 N–H and O–H groups in total. The Morgan fingerprint density at radius 2 is 2.19 bits per heavy atom. The van der Waals surface area contributed by atoms with Gasteiger partial charge in [0, 0.05) is 5.92 Å². The van der Waals surface area contributed by atoms with Crippen LogP contribution in [0.1, 0.15) is 6.42 Å². The average molecular weight is 220 g/mol. The summed E-state index contributed by atoms with van der Waals surface area (Å²) in [6, 6.07) is 0. The molecule has 4 rings (SSSR count). The molecule has 0 aromatic heterocycles. The van der Waals surface area contributed by atoms with E-state index < -0.39 is 11.9 Å². The van der Waals surface area contributed by atoms with Crippen LogP contribution in [-0.2, 0) is 14.3 Å². The number of hydrogen-bond donors (Lipinski definition) is 1. The number of allylic oxidation sites excluding steroid dienone is 2. The highest BCUT2D eigenvalue weighted by Crippen LogP contribution is 2.63. The van der Waals surface area contributed by atoms with Crippen molar-refractivity contribution in [3.05, 3.63) is 12.2 Å². The molecule has 0 radical (unpaired) electrons. The van der Waals surface area contributed by atoms with E-state index in [2.05, 4.69) is 6.08 Å². The molecule has 3 fully saturated rings. The smallest absolute Gasteiger partial charge is 0.310 e. The number of aliphatic carboxylic acids is 1. The number of ether oxygens (including phenoxy) is 1. The summed E-state index contributed by atoms with van der Waals surface area (Å²) in [6.45, 7) is 0. The lowest BCUT2D eigenvalue weighted by molar-refractivity contribution is -0.153. The largest absolute Gasteiger partial charge is 0.481 e. The SMILES string of the molecule is O=C(O)[C@H]1[C@@H]2C=C[C@@H]3C[C@@H]4OC(=O)[C@@H]1[C@H]4[C@H]23. The highest BCUT2D eigenvalue weighted by atomic mass is 16.6. The van der Waals surface area contributed by atoms with Crippen LogP contribution in [0.25, 0.3) is 0 Å². The van der Waals surface area contributed by atoms with E-state index in [-0.39, 0.29) is 29.8 Å². The first-order chi connectivity index (χ1) is 7.68. The van der Waals surface area contributed by atoms with E-state index in [9.17, 15) is 14.7 Å². The third-order valence-corrected chi connectivity index (χ3v) is 4.94. The van der Waals surface area contributed by atoms with Crippen LogP contribution < -0.4 is 0 Å². The molecule has 0 bridgehead atoms. The second-order valence-electron chi connectivity index (χ2n) is 5.38. The van der Waals surface area contributed by atoms with Gasteiger partial charge >= 0.3 is 11.9 Å². The second-order valence-corrected chi connectivity index (χ2v) is 5.38. The van der Waals surface area contributed by atoms with Gasteiger partial charge in [-0.1, -0.05) is 12.2 Å². The first-order valence-corrected chi connectivity index (χ1v) is 5.80. The van der Waals surface area contributed by atoms with Gasteiger partial charge in [0.15, 0.2) is 0 Å². The Balaban J connectivity index is 1.85. The lowest BCUT2D eigenvalue weighted by atomic mass is 9.87. The van der Waals surface area contributed by atoms with Crippen molar-refractivity contribution in [3.63, 3.8) is 0 Å². The van der Waals surface area contributed by atoms with Crippen molar-refractivity contribution >= 4 is 11.9 Å². The first kappa shape index (κ1) is 8.79. The molecule has 3 aliphatic carbocycles. The molecule has 0 amide bonds. The second kappa shape index (κ2) is 2.50. The highest BCUT2D eigenvalue weighted by molar-refractivity contribution is 5.85. The standard InChI is InChI=1S/C12H12O4/c13-11(14)8-5-2-1-4-3-6-9(7(4)5)10(8)12(15)16-6/h1-2,4-10H,3H2,(H,13,14)/t4-,5-,6+,7+,8+,9-,10+/m1/s1. The van der Waals surface area contributed by atoms with Gasteiger partial charge in [-0.2, -0.15) is 0 Å². The van der Waals surface area contributed by atoms with Gasteiger partial charge in [-0.05, 0) is 24.2 Å². The molecule has 16 heavy (non-hydrogen) atoms. The zero-order valence-electron chi connectivity index (χ0n) is 8.58. The molecule has 4 heteroatoms. The minimum absolute atomic E-state index is 0.00991. The van der Waals surface area contributed by atoms with Gasteiger partial charge in [0.1, 0.15) is 6.10 Å². The Labute approximate surface area is 92.3 Å². The van der Waals surface area contributed by atoms with E-state index in [1.165, 1.54) is 0 Å². The first-order valence-electron chi connectivity index (χ1n) is 5.80. The van der Waals surface area contributed by atoms with Crippen LogP contribution in [0.4, 0.5) is 0 Å². The molecule has 1 aliphatic heterocycles. The van der Waals surface area contributed by atoms with E-state index in [0.29, 0.717) is 11.8 Å². The lowest BCUT2D eigenvalue weighted by Crippen LogP contribution is -2.28. The Morgan fingerprint density at radius 1 is 1.38 bits per heavy atom. The Bertz CT molecular complexity index is 427. The average Bonchev–Trinajstić information content (AvgIpc) is 2.84. The molecule has 7 atom stereocenters. The summed E-state index contributed by atoms with van der Waals surface area (Å²) < 4.78 is 5.32. The predicted molar refractivity (Wildman–Crippen MR) is 52.2 cm³/mol. The number of carboxylic acid groups (broad SMARTS) is 1. The number of esters is 1. The molecular formula is C12H12O4. The lowest BCUT2D eigenvalue weighted by Gasteiger charge is -2.16. The predicted octanol–water partition coefficient (Wildman–Crippen LogP) is 0.681. The Morgan fingerprint density at radius 3 is 2.94 bits per heavy atom. The molecule has 0 spiro atoms. The molecule has 1 heterocycles. The minimum Gasteiger partial charge on any atom is -0.481 e. The normalized spacial score (nSPS) is 55.5.